The predicted octanol–water partition coefficient (Wildman–Crippen LogP) is 3.94. The van der Waals surface area contributed by atoms with E-state index < -0.39 is 5.60 Å². The van der Waals surface area contributed by atoms with Crippen molar-refractivity contribution < 1.29 is 19.1 Å². The Morgan fingerprint density at radius 3 is 2.68 bits per heavy atom. The van der Waals surface area contributed by atoms with Crippen LogP contribution in [-0.2, 0) is 22.5 Å². The third-order valence-corrected chi connectivity index (χ3v) is 4.86. The lowest BCUT2D eigenvalue weighted by Gasteiger charge is -2.33. The first kappa shape index (κ1) is 17.8. The summed E-state index contributed by atoms with van der Waals surface area (Å²) in [5.74, 6) is 0.417. The number of esters is 1. The number of amides is 1. The normalized spacial score (nSPS) is 18.0. The number of carbonyl (C=O) groups excluding carboxylic acids is 2. The number of hydrogen-bond donors (Lipinski definition) is 0. The molecule has 0 unspecified atom stereocenters. The minimum atomic E-state index is -0.438. The SMILES string of the molecule is CC(C)(C)OC(=O)N1CCC(CCc2ccc3c(c2)COC3=O)CC1. The molecule has 2 aliphatic heterocycles. The minimum Gasteiger partial charge on any atom is -0.457 e. The number of aryl methyl sites for hydroxylation is 1. The van der Waals surface area contributed by atoms with Crippen LogP contribution in [0.1, 0.15) is 61.5 Å². The van der Waals surface area contributed by atoms with Gasteiger partial charge in [0.15, 0.2) is 0 Å². The fraction of sp³-hybridized carbons (Fsp3) is 0.600. The van der Waals surface area contributed by atoms with E-state index in [9.17, 15) is 9.59 Å². The number of carbonyl (C=O) groups is 2. The van der Waals surface area contributed by atoms with Crippen LogP contribution in [0.5, 0.6) is 0 Å². The number of hydrogen-bond acceptors (Lipinski definition) is 4. The summed E-state index contributed by atoms with van der Waals surface area (Å²) in [4.78, 5) is 25.4. The number of piperidine rings is 1. The van der Waals surface area contributed by atoms with Gasteiger partial charge in [-0.15, -0.1) is 0 Å². The maximum atomic E-state index is 12.1. The van der Waals surface area contributed by atoms with Crippen molar-refractivity contribution >= 4 is 12.1 Å². The lowest BCUT2D eigenvalue weighted by molar-refractivity contribution is 0.0181. The molecule has 1 amide bonds. The Kier molecular flexibility index (Phi) is 5.02. The van der Waals surface area contributed by atoms with E-state index in [0.717, 1.165) is 44.3 Å². The molecule has 25 heavy (non-hydrogen) atoms. The summed E-state index contributed by atoms with van der Waals surface area (Å²) in [5, 5.41) is 0. The third kappa shape index (κ3) is 4.53. The number of rotatable bonds is 3. The molecule has 136 valence electrons. The number of fused-ring (bicyclic) bond motifs is 1. The van der Waals surface area contributed by atoms with Crippen LogP contribution in [-0.4, -0.2) is 35.7 Å². The Balaban J connectivity index is 1.45. The van der Waals surface area contributed by atoms with Crippen LogP contribution < -0.4 is 0 Å². The van der Waals surface area contributed by atoms with E-state index in [0.29, 0.717) is 18.1 Å². The van der Waals surface area contributed by atoms with E-state index in [1.54, 1.807) is 0 Å². The molecule has 0 radical (unpaired) electrons. The highest BCUT2D eigenvalue weighted by Gasteiger charge is 2.27. The van der Waals surface area contributed by atoms with Gasteiger partial charge in [0.1, 0.15) is 12.2 Å². The van der Waals surface area contributed by atoms with Gasteiger partial charge < -0.3 is 14.4 Å². The molecule has 1 aromatic carbocycles. The van der Waals surface area contributed by atoms with Crippen molar-refractivity contribution in [2.45, 2.75) is 58.7 Å². The van der Waals surface area contributed by atoms with Crippen molar-refractivity contribution in [1.82, 2.24) is 4.90 Å². The van der Waals surface area contributed by atoms with Crippen molar-refractivity contribution in [3.8, 4) is 0 Å². The summed E-state index contributed by atoms with van der Waals surface area (Å²) < 4.78 is 10.5. The molecule has 0 aromatic heterocycles. The zero-order chi connectivity index (χ0) is 18.0. The van der Waals surface area contributed by atoms with Crippen LogP contribution in [0.15, 0.2) is 18.2 Å². The fourth-order valence-corrected chi connectivity index (χ4v) is 3.44. The maximum Gasteiger partial charge on any atom is 0.410 e. The van der Waals surface area contributed by atoms with Gasteiger partial charge in [-0.05, 0) is 64.0 Å². The van der Waals surface area contributed by atoms with Crippen molar-refractivity contribution in [2.24, 2.45) is 5.92 Å². The average molecular weight is 345 g/mol. The number of likely N-dealkylation sites (tertiary alicyclic amines) is 1. The topological polar surface area (TPSA) is 55.8 Å². The zero-order valence-corrected chi connectivity index (χ0v) is 15.3. The third-order valence-electron chi connectivity index (χ3n) is 4.86. The van der Waals surface area contributed by atoms with Gasteiger partial charge in [-0.2, -0.15) is 0 Å². The quantitative estimate of drug-likeness (QED) is 0.779. The minimum absolute atomic E-state index is 0.200. The fourth-order valence-electron chi connectivity index (χ4n) is 3.44. The molecule has 1 fully saturated rings. The Hall–Kier alpha value is -2.04. The lowest BCUT2D eigenvalue weighted by Crippen LogP contribution is -2.41. The molecule has 1 aromatic rings. The summed E-state index contributed by atoms with van der Waals surface area (Å²) in [6, 6.07) is 6.00. The Bertz CT molecular complexity index is 654. The summed E-state index contributed by atoms with van der Waals surface area (Å²) in [6.45, 7) is 7.63. The van der Waals surface area contributed by atoms with E-state index in [4.69, 9.17) is 9.47 Å². The van der Waals surface area contributed by atoms with Crippen LogP contribution in [0, 0.1) is 5.92 Å². The van der Waals surface area contributed by atoms with Gasteiger partial charge in [-0.25, -0.2) is 9.59 Å². The zero-order valence-electron chi connectivity index (χ0n) is 15.3. The second-order valence-electron chi connectivity index (χ2n) is 8.02. The first-order valence-electron chi connectivity index (χ1n) is 9.09. The molecule has 5 nitrogen and oxygen atoms in total. The van der Waals surface area contributed by atoms with E-state index in [1.807, 2.05) is 37.8 Å². The van der Waals surface area contributed by atoms with Crippen molar-refractivity contribution in [2.75, 3.05) is 13.1 Å². The van der Waals surface area contributed by atoms with Crippen LogP contribution in [0.3, 0.4) is 0 Å². The number of ether oxygens (including phenoxy) is 2. The van der Waals surface area contributed by atoms with Crippen molar-refractivity contribution in [3.05, 3.63) is 34.9 Å². The Morgan fingerprint density at radius 1 is 1.28 bits per heavy atom. The molecule has 0 N–H and O–H groups in total. The van der Waals surface area contributed by atoms with Crippen LogP contribution in [0.4, 0.5) is 4.79 Å². The van der Waals surface area contributed by atoms with E-state index >= 15 is 0 Å². The van der Waals surface area contributed by atoms with Gasteiger partial charge >= 0.3 is 12.1 Å². The van der Waals surface area contributed by atoms with Gasteiger partial charge in [0, 0.05) is 18.7 Å². The smallest absolute Gasteiger partial charge is 0.410 e. The average Bonchev–Trinajstić information content (AvgIpc) is 2.92. The molecule has 1 saturated heterocycles. The van der Waals surface area contributed by atoms with Gasteiger partial charge in [0.05, 0.1) is 5.56 Å². The molecular weight excluding hydrogens is 318 g/mol. The second kappa shape index (κ2) is 7.06. The van der Waals surface area contributed by atoms with Crippen LogP contribution >= 0.6 is 0 Å². The molecule has 5 heteroatoms. The second-order valence-corrected chi connectivity index (χ2v) is 8.02. The molecule has 0 spiro atoms. The number of benzene rings is 1. The standard InChI is InChI=1S/C20H27NO4/c1-20(2,3)25-19(23)21-10-8-14(9-11-21)4-5-15-6-7-17-16(12-15)13-24-18(17)22/h6-7,12,14H,4-5,8-11,13H2,1-3H3. The molecular formula is C20H27NO4. The molecule has 0 saturated carbocycles. The largest absolute Gasteiger partial charge is 0.457 e. The molecule has 2 heterocycles. The van der Waals surface area contributed by atoms with Crippen LogP contribution in [0.25, 0.3) is 0 Å². The molecule has 3 rings (SSSR count). The van der Waals surface area contributed by atoms with E-state index in [1.165, 1.54) is 5.56 Å². The summed E-state index contributed by atoms with van der Waals surface area (Å²) >= 11 is 0. The summed E-state index contributed by atoms with van der Waals surface area (Å²) in [5.41, 5.74) is 2.52. The van der Waals surface area contributed by atoms with Crippen molar-refractivity contribution in [3.63, 3.8) is 0 Å². The first-order valence-corrected chi connectivity index (χ1v) is 9.09. The highest BCUT2D eigenvalue weighted by atomic mass is 16.6. The number of cyclic esters (lactones) is 1. The summed E-state index contributed by atoms with van der Waals surface area (Å²) in [7, 11) is 0. The number of nitrogens with zero attached hydrogens (tertiary/aromatic N) is 1. The van der Waals surface area contributed by atoms with Crippen molar-refractivity contribution in [1.29, 1.82) is 0 Å². The van der Waals surface area contributed by atoms with Gasteiger partial charge in [-0.3, -0.25) is 0 Å². The highest BCUT2D eigenvalue weighted by molar-refractivity contribution is 5.93. The molecule has 0 aliphatic carbocycles. The Labute approximate surface area is 149 Å². The van der Waals surface area contributed by atoms with Gasteiger partial charge in [0.25, 0.3) is 0 Å². The Morgan fingerprint density at radius 2 is 2.00 bits per heavy atom. The molecule has 0 bridgehead atoms. The molecule has 2 aliphatic rings. The van der Waals surface area contributed by atoms with Gasteiger partial charge in [0.2, 0.25) is 0 Å². The highest BCUT2D eigenvalue weighted by Crippen LogP contribution is 2.26. The van der Waals surface area contributed by atoms with Gasteiger partial charge in [-0.1, -0.05) is 12.1 Å². The predicted molar refractivity (Wildman–Crippen MR) is 94.4 cm³/mol. The van der Waals surface area contributed by atoms with E-state index in [-0.39, 0.29) is 12.1 Å². The maximum absolute atomic E-state index is 12.1. The van der Waals surface area contributed by atoms with E-state index in [2.05, 4.69) is 6.07 Å². The monoisotopic (exact) mass is 345 g/mol. The first-order chi connectivity index (χ1) is 11.8. The lowest BCUT2D eigenvalue weighted by atomic mass is 9.90. The van der Waals surface area contributed by atoms with Crippen LogP contribution in [0.2, 0.25) is 0 Å². The molecule has 0 atom stereocenters. The summed E-state index contributed by atoms with van der Waals surface area (Å²) in [6.07, 6.45) is 3.94.